The fourth-order valence-electron chi connectivity index (χ4n) is 2.18. The molecule has 0 fully saturated rings. The van der Waals surface area contributed by atoms with E-state index < -0.39 is 0 Å². The minimum atomic E-state index is 0.495. The topological polar surface area (TPSA) is 27.1 Å². The van der Waals surface area contributed by atoms with E-state index in [2.05, 4.69) is 31.1 Å². The fraction of sp³-hybridized carbons (Fsp3) is 0.400. The summed E-state index contributed by atoms with van der Waals surface area (Å²) >= 11 is 6.04. The van der Waals surface area contributed by atoms with Gasteiger partial charge in [-0.25, -0.2) is 0 Å². The lowest BCUT2D eigenvalue weighted by atomic mass is 10.2. The lowest BCUT2D eigenvalue weighted by Crippen LogP contribution is -2.05. The summed E-state index contributed by atoms with van der Waals surface area (Å²) in [6, 6.07) is 8.04. The van der Waals surface area contributed by atoms with Crippen molar-refractivity contribution in [1.82, 2.24) is 9.78 Å². The molecule has 2 aromatic rings. The zero-order valence-corrected chi connectivity index (χ0v) is 12.4. The largest absolute Gasteiger partial charge is 0.497 e. The van der Waals surface area contributed by atoms with E-state index in [1.165, 1.54) is 11.1 Å². The number of benzene rings is 1. The number of rotatable bonds is 5. The Bertz CT molecular complexity index is 546. The first-order valence-electron chi connectivity index (χ1n) is 6.43. The van der Waals surface area contributed by atoms with Crippen molar-refractivity contribution in [3.63, 3.8) is 0 Å². The maximum absolute atomic E-state index is 6.04. The zero-order valence-electron chi connectivity index (χ0n) is 11.6. The molecule has 2 rings (SSSR count). The van der Waals surface area contributed by atoms with Gasteiger partial charge < -0.3 is 4.74 Å². The summed E-state index contributed by atoms with van der Waals surface area (Å²) in [7, 11) is 1.67. The zero-order chi connectivity index (χ0) is 13.8. The van der Waals surface area contributed by atoms with Crippen LogP contribution in [0.25, 0.3) is 0 Å². The number of hydrogen-bond acceptors (Lipinski definition) is 2. The highest BCUT2D eigenvalue weighted by molar-refractivity contribution is 6.17. The average Bonchev–Trinajstić information content (AvgIpc) is 2.75. The molecule has 4 heteroatoms. The van der Waals surface area contributed by atoms with Crippen LogP contribution in [0.5, 0.6) is 5.75 Å². The molecule has 0 N–H and O–H groups in total. The normalized spacial score (nSPS) is 10.7. The van der Waals surface area contributed by atoms with Crippen LogP contribution in [0.15, 0.2) is 24.3 Å². The molecule has 0 saturated carbocycles. The predicted molar refractivity (Wildman–Crippen MR) is 78.0 cm³/mol. The van der Waals surface area contributed by atoms with Crippen molar-refractivity contribution < 1.29 is 4.74 Å². The molecule has 0 radical (unpaired) electrons. The molecule has 0 aliphatic rings. The van der Waals surface area contributed by atoms with Gasteiger partial charge in [0, 0.05) is 0 Å². The van der Waals surface area contributed by atoms with Crippen LogP contribution in [0.1, 0.15) is 29.4 Å². The van der Waals surface area contributed by atoms with Gasteiger partial charge in [0.05, 0.1) is 30.9 Å². The smallest absolute Gasteiger partial charge is 0.118 e. The lowest BCUT2D eigenvalue weighted by Gasteiger charge is -2.07. The van der Waals surface area contributed by atoms with Crippen LogP contribution in [-0.4, -0.2) is 16.9 Å². The summed E-state index contributed by atoms with van der Waals surface area (Å²) in [5.74, 6) is 1.36. The Balaban J connectivity index is 2.26. The van der Waals surface area contributed by atoms with E-state index in [1.54, 1.807) is 7.11 Å². The second kappa shape index (κ2) is 6.11. The number of halogens is 1. The van der Waals surface area contributed by atoms with Gasteiger partial charge in [-0.3, -0.25) is 4.68 Å². The van der Waals surface area contributed by atoms with Crippen LogP contribution in [0, 0.1) is 6.92 Å². The highest BCUT2D eigenvalue weighted by atomic mass is 35.5. The first-order chi connectivity index (χ1) is 9.19. The van der Waals surface area contributed by atoms with Crippen molar-refractivity contribution in [2.75, 3.05) is 7.11 Å². The van der Waals surface area contributed by atoms with Gasteiger partial charge in [0.1, 0.15) is 5.75 Å². The Morgan fingerprint density at radius 3 is 2.47 bits per heavy atom. The molecule has 1 heterocycles. The quantitative estimate of drug-likeness (QED) is 0.782. The van der Waals surface area contributed by atoms with Gasteiger partial charge in [-0.15, -0.1) is 11.6 Å². The molecule has 0 aliphatic carbocycles. The summed E-state index contributed by atoms with van der Waals surface area (Å²) in [5, 5.41) is 4.64. The van der Waals surface area contributed by atoms with Crippen LogP contribution in [-0.2, 0) is 18.8 Å². The number of ether oxygens (including phenoxy) is 1. The number of aromatic nitrogens is 2. The molecule has 0 amide bonds. The lowest BCUT2D eigenvalue weighted by molar-refractivity contribution is 0.414. The van der Waals surface area contributed by atoms with Gasteiger partial charge in [0.25, 0.3) is 0 Å². The second-order valence-electron chi connectivity index (χ2n) is 4.51. The van der Waals surface area contributed by atoms with Gasteiger partial charge in [-0.05, 0) is 36.6 Å². The molecular weight excluding hydrogens is 260 g/mol. The summed E-state index contributed by atoms with van der Waals surface area (Å²) in [4.78, 5) is 0. The van der Waals surface area contributed by atoms with Crippen molar-refractivity contribution in [1.29, 1.82) is 0 Å². The Morgan fingerprint density at radius 2 is 1.95 bits per heavy atom. The maximum atomic E-state index is 6.04. The molecule has 0 atom stereocenters. The molecular formula is C15H19ClN2O. The van der Waals surface area contributed by atoms with E-state index >= 15 is 0 Å². The average molecular weight is 279 g/mol. The summed E-state index contributed by atoms with van der Waals surface area (Å²) < 4.78 is 7.16. The van der Waals surface area contributed by atoms with Gasteiger partial charge in [0.15, 0.2) is 0 Å². The second-order valence-corrected chi connectivity index (χ2v) is 4.78. The van der Waals surface area contributed by atoms with Crippen molar-refractivity contribution in [3.05, 3.63) is 46.8 Å². The van der Waals surface area contributed by atoms with Crippen molar-refractivity contribution >= 4 is 11.6 Å². The Hall–Kier alpha value is -1.48. The van der Waals surface area contributed by atoms with E-state index in [0.717, 1.165) is 30.1 Å². The molecule has 1 aromatic heterocycles. The molecule has 1 aromatic carbocycles. The monoisotopic (exact) mass is 278 g/mol. The van der Waals surface area contributed by atoms with Crippen molar-refractivity contribution in [2.24, 2.45) is 0 Å². The number of alkyl halides is 1. The Morgan fingerprint density at radius 1 is 1.26 bits per heavy atom. The Kier molecular flexibility index (Phi) is 4.48. The fourth-order valence-corrected chi connectivity index (χ4v) is 2.52. The molecule has 19 heavy (non-hydrogen) atoms. The first-order valence-corrected chi connectivity index (χ1v) is 6.97. The number of hydrogen-bond donors (Lipinski definition) is 0. The van der Waals surface area contributed by atoms with Gasteiger partial charge in [-0.1, -0.05) is 19.1 Å². The number of aryl methyl sites for hydroxylation is 1. The van der Waals surface area contributed by atoms with Crippen LogP contribution in [0.2, 0.25) is 0 Å². The highest BCUT2D eigenvalue weighted by Crippen LogP contribution is 2.18. The van der Waals surface area contributed by atoms with Crippen LogP contribution in [0.4, 0.5) is 0 Å². The number of methoxy groups -OCH3 is 1. The van der Waals surface area contributed by atoms with E-state index in [4.69, 9.17) is 16.3 Å². The molecule has 102 valence electrons. The molecule has 0 saturated heterocycles. The van der Waals surface area contributed by atoms with Crippen molar-refractivity contribution in [3.8, 4) is 5.75 Å². The molecule has 0 unspecified atom stereocenters. The number of nitrogens with zero attached hydrogens (tertiary/aromatic N) is 2. The van der Waals surface area contributed by atoms with Gasteiger partial charge >= 0.3 is 0 Å². The van der Waals surface area contributed by atoms with Gasteiger partial charge in [-0.2, -0.15) is 5.10 Å². The van der Waals surface area contributed by atoms with E-state index in [-0.39, 0.29) is 0 Å². The minimum absolute atomic E-state index is 0.495. The SMILES string of the molecule is CCc1nn(Cc2ccc(OC)cc2)c(CCl)c1C. The first kappa shape index (κ1) is 13.9. The maximum Gasteiger partial charge on any atom is 0.118 e. The summed E-state index contributed by atoms with van der Waals surface area (Å²) in [6.45, 7) is 4.95. The molecule has 0 spiro atoms. The third-order valence-corrected chi connectivity index (χ3v) is 3.62. The third kappa shape index (κ3) is 2.92. The Labute approximate surface area is 119 Å². The summed E-state index contributed by atoms with van der Waals surface area (Å²) in [6.07, 6.45) is 0.936. The van der Waals surface area contributed by atoms with E-state index in [1.807, 2.05) is 16.8 Å². The van der Waals surface area contributed by atoms with Crippen LogP contribution >= 0.6 is 11.6 Å². The predicted octanol–water partition coefficient (Wildman–Crippen LogP) is 3.55. The van der Waals surface area contributed by atoms with Crippen LogP contribution < -0.4 is 4.74 Å². The minimum Gasteiger partial charge on any atom is -0.497 e. The standard InChI is InChI=1S/C15H19ClN2O/c1-4-14-11(2)15(9-16)18(17-14)10-12-5-7-13(19-3)8-6-12/h5-8H,4,9-10H2,1-3H3. The third-order valence-electron chi connectivity index (χ3n) is 3.37. The molecule has 3 nitrogen and oxygen atoms in total. The molecule has 0 bridgehead atoms. The van der Waals surface area contributed by atoms with E-state index in [0.29, 0.717) is 5.88 Å². The highest BCUT2D eigenvalue weighted by Gasteiger charge is 2.12. The summed E-state index contributed by atoms with van der Waals surface area (Å²) in [5.41, 5.74) is 4.64. The van der Waals surface area contributed by atoms with Gasteiger partial charge in [0.2, 0.25) is 0 Å². The molecule has 0 aliphatic heterocycles. The van der Waals surface area contributed by atoms with Crippen LogP contribution in [0.3, 0.4) is 0 Å². The van der Waals surface area contributed by atoms with Crippen molar-refractivity contribution in [2.45, 2.75) is 32.7 Å². The van der Waals surface area contributed by atoms with E-state index in [9.17, 15) is 0 Å².